The van der Waals surface area contributed by atoms with Crippen LogP contribution in [0.15, 0.2) is 36.5 Å². The number of benzene rings is 1. The van der Waals surface area contributed by atoms with Crippen LogP contribution in [0.5, 0.6) is 5.75 Å². The van der Waals surface area contributed by atoms with Gasteiger partial charge in [0.1, 0.15) is 5.75 Å². The fraction of sp³-hybridized carbons (Fsp3) is 0.312. The van der Waals surface area contributed by atoms with Crippen molar-refractivity contribution in [2.75, 3.05) is 19.1 Å². The van der Waals surface area contributed by atoms with Crippen LogP contribution in [0.25, 0.3) is 0 Å². The van der Waals surface area contributed by atoms with E-state index in [2.05, 4.69) is 29.1 Å². The van der Waals surface area contributed by atoms with Crippen LogP contribution >= 0.6 is 0 Å². The summed E-state index contributed by atoms with van der Waals surface area (Å²) in [7, 11) is 3.75. The third-order valence-electron chi connectivity index (χ3n) is 3.28. The summed E-state index contributed by atoms with van der Waals surface area (Å²) in [5.41, 5.74) is 10.2. The number of anilines is 1. The summed E-state index contributed by atoms with van der Waals surface area (Å²) in [6.07, 6.45) is 1.85. The van der Waals surface area contributed by atoms with Crippen LogP contribution in [0.3, 0.4) is 0 Å². The lowest BCUT2D eigenvalue weighted by atomic mass is 10.1. The maximum absolute atomic E-state index is 5.79. The van der Waals surface area contributed by atoms with E-state index in [0.717, 1.165) is 29.2 Å². The molecule has 1 aromatic carbocycles. The molecule has 4 heteroatoms. The smallest absolute Gasteiger partial charge is 0.119 e. The summed E-state index contributed by atoms with van der Waals surface area (Å²) in [5, 5.41) is 0. The number of hydrogen-bond donors (Lipinski definition) is 1. The molecule has 0 bridgehead atoms. The summed E-state index contributed by atoms with van der Waals surface area (Å²) in [6.45, 7) is 3.28. The zero-order valence-electron chi connectivity index (χ0n) is 12.3. The van der Waals surface area contributed by atoms with Crippen LogP contribution in [0.4, 0.5) is 5.69 Å². The van der Waals surface area contributed by atoms with Crippen molar-refractivity contribution in [1.29, 1.82) is 0 Å². The summed E-state index contributed by atoms with van der Waals surface area (Å²) < 4.78 is 5.26. The van der Waals surface area contributed by atoms with Crippen molar-refractivity contribution < 1.29 is 4.74 Å². The Labute approximate surface area is 120 Å². The summed E-state index contributed by atoms with van der Waals surface area (Å²) >= 11 is 0. The Morgan fingerprint density at radius 1 is 1.30 bits per heavy atom. The number of nitrogens with zero attached hydrogens (tertiary/aromatic N) is 2. The maximum Gasteiger partial charge on any atom is 0.119 e. The van der Waals surface area contributed by atoms with Crippen LogP contribution < -0.4 is 15.4 Å². The second kappa shape index (κ2) is 6.39. The average molecular weight is 271 g/mol. The predicted octanol–water partition coefficient (Wildman–Crippen LogP) is 2.49. The van der Waals surface area contributed by atoms with Gasteiger partial charge in [0.2, 0.25) is 0 Å². The monoisotopic (exact) mass is 271 g/mol. The predicted molar refractivity (Wildman–Crippen MR) is 82.0 cm³/mol. The Kier molecular flexibility index (Phi) is 4.58. The fourth-order valence-corrected chi connectivity index (χ4v) is 2.22. The van der Waals surface area contributed by atoms with E-state index in [0.29, 0.717) is 6.54 Å². The third-order valence-corrected chi connectivity index (χ3v) is 3.28. The second-order valence-corrected chi connectivity index (χ2v) is 4.87. The molecule has 1 aromatic heterocycles. The van der Waals surface area contributed by atoms with Gasteiger partial charge in [-0.2, -0.15) is 0 Å². The lowest BCUT2D eigenvalue weighted by Gasteiger charge is -2.22. The maximum atomic E-state index is 5.79. The van der Waals surface area contributed by atoms with Gasteiger partial charge in [-0.1, -0.05) is 12.1 Å². The highest BCUT2D eigenvalue weighted by molar-refractivity contribution is 5.53. The summed E-state index contributed by atoms with van der Waals surface area (Å²) in [5.74, 6) is 0.876. The molecule has 0 unspecified atom stereocenters. The number of pyridine rings is 1. The van der Waals surface area contributed by atoms with Gasteiger partial charge in [0.25, 0.3) is 0 Å². The number of aromatic nitrogens is 1. The largest absolute Gasteiger partial charge is 0.497 e. The van der Waals surface area contributed by atoms with Gasteiger partial charge in [-0.3, -0.25) is 4.98 Å². The molecular formula is C16H21N3O. The molecule has 2 rings (SSSR count). The average Bonchev–Trinajstić information content (AvgIpc) is 2.47. The molecule has 0 fully saturated rings. The first kappa shape index (κ1) is 14.3. The zero-order chi connectivity index (χ0) is 14.5. The molecule has 0 atom stereocenters. The highest BCUT2D eigenvalue weighted by Crippen LogP contribution is 2.22. The van der Waals surface area contributed by atoms with Gasteiger partial charge in [0.05, 0.1) is 7.11 Å². The molecule has 0 spiro atoms. The van der Waals surface area contributed by atoms with Gasteiger partial charge in [-0.25, -0.2) is 0 Å². The SMILES string of the molecule is COc1cccc(CN(C)c2cc(C)ncc2CN)c1. The molecule has 0 saturated carbocycles. The molecule has 0 radical (unpaired) electrons. The molecule has 2 N–H and O–H groups in total. The van der Waals surface area contributed by atoms with Crippen LogP contribution in [-0.2, 0) is 13.1 Å². The number of methoxy groups -OCH3 is 1. The Morgan fingerprint density at radius 3 is 2.80 bits per heavy atom. The zero-order valence-corrected chi connectivity index (χ0v) is 12.3. The van der Waals surface area contributed by atoms with E-state index in [4.69, 9.17) is 10.5 Å². The highest BCUT2D eigenvalue weighted by Gasteiger charge is 2.08. The van der Waals surface area contributed by atoms with Gasteiger partial charge >= 0.3 is 0 Å². The third kappa shape index (κ3) is 3.27. The molecule has 2 aromatic rings. The molecular weight excluding hydrogens is 250 g/mol. The first-order valence-corrected chi connectivity index (χ1v) is 6.63. The van der Waals surface area contributed by atoms with Crippen molar-refractivity contribution in [3.05, 3.63) is 53.3 Å². The Morgan fingerprint density at radius 2 is 2.10 bits per heavy atom. The molecule has 4 nitrogen and oxygen atoms in total. The standard InChI is InChI=1S/C16H21N3O/c1-12-7-16(14(9-17)10-18-12)19(2)11-13-5-4-6-15(8-13)20-3/h4-8,10H,9,11,17H2,1-3H3. The Hall–Kier alpha value is -2.07. The Bertz CT molecular complexity index is 584. The van der Waals surface area contributed by atoms with Gasteiger partial charge in [-0.05, 0) is 30.7 Å². The van der Waals surface area contributed by atoms with Crippen molar-refractivity contribution in [2.45, 2.75) is 20.0 Å². The van der Waals surface area contributed by atoms with Gasteiger partial charge < -0.3 is 15.4 Å². The molecule has 0 aliphatic carbocycles. The highest BCUT2D eigenvalue weighted by atomic mass is 16.5. The molecule has 0 aliphatic rings. The minimum Gasteiger partial charge on any atom is -0.497 e. The molecule has 0 aliphatic heterocycles. The molecule has 106 valence electrons. The number of hydrogen-bond acceptors (Lipinski definition) is 4. The van der Waals surface area contributed by atoms with Crippen molar-refractivity contribution in [3.63, 3.8) is 0 Å². The minimum absolute atomic E-state index is 0.491. The summed E-state index contributed by atoms with van der Waals surface area (Å²) in [6, 6.07) is 10.2. The minimum atomic E-state index is 0.491. The fourth-order valence-electron chi connectivity index (χ4n) is 2.22. The first-order valence-electron chi connectivity index (χ1n) is 6.63. The van der Waals surface area contributed by atoms with Crippen LogP contribution in [0.2, 0.25) is 0 Å². The van der Waals surface area contributed by atoms with E-state index >= 15 is 0 Å². The van der Waals surface area contributed by atoms with Crippen molar-refractivity contribution in [1.82, 2.24) is 4.98 Å². The quantitative estimate of drug-likeness (QED) is 0.907. The first-order chi connectivity index (χ1) is 9.63. The summed E-state index contributed by atoms with van der Waals surface area (Å²) in [4.78, 5) is 6.49. The number of aryl methyl sites for hydroxylation is 1. The van der Waals surface area contributed by atoms with Gasteiger partial charge in [0, 0.05) is 43.3 Å². The number of ether oxygens (including phenoxy) is 1. The van der Waals surface area contributed by atoms with Crippen molar-refractivity contribution in [2.24, 2.45) is 5.73 Å². The van der Waals surface area contributed by atoms with E-state index in [1.807, 2.05) is 31.3 Å². The van der Waals surface area contributed by atoms with Crippen LogP contribution in [0, 0.1) is 6.92 Å². The molecule has 20 heavy (non-hydrogen) atoms. The Balaban J connectivity index is 2.23. The van der Waals surface area contributed by atoms with E-state index < -0.39 is 0 Å². The van der Waals surface area contributed by atoms with Crippen LogP contribution in [-0.4, -0.2) is 19.1 Å². The second-order valence-electron chi connectivity index (χ2n) is 4.87. The van der Waals surface area contributed by atoms with Crippen LogP contribution in [0.1, 0.15) is 16.8 Å². The number of rotatable bonds is 5. The van der Waals surface area contributed by atoms with Gasteiger partial charge in [-0.15, -0.1) is 0 Å². The van der Waals surface area contributed by atoms with Crippen molar-refractivity contribution in [3.8, 4) is 5.75 Å². The molecule has 0 saturated heterocycles. The van der Waals surface area contributed by atoms with E-state index in [-0.39, 0.29) is 0 Å². The molecule has 0 amide bonds. The van der Waals surface area contributed by atoms with E-state index in [1.165, 1.54) is 5.56 Å². The van der Waals surface area contributed by atoms with Gasteiger partial charge in [0.15, 0.2) is 0 Å². The molecule has 1 heterocycles. The lowest BCUT2D eigenvalue weighted by molar-refractivity contribution is 0.414. The topological polar surface area (TPSA) is 51.4 Å². The normalized spacial score (nSPS) is 10.4. The van der Waals surface area contributed by atoms with E-state index in [9.17, 15) is 0 Å². The van der Waals surface area contributed by atoms with Crippen molar-refractivity contribution >= 4 is 5.69 Å². The van der Waals surface area contributed by atoms with E-state index in [1.54, 1.807) is 7.11 Å². The lowest BCUT2D eigenvalue weighted by Crippen LogP contribution is -2.19. The number of nitrogens with two attached hydrogens (primary N) is 1.